The van der Waals surface area contributed by atoms with Crippen molar-refractivity contribution in [2.24, 2.45) is 0 Å². The number of nitrogens with one attached hydrogen (secondary N) is 1. The number of ether oxygens (including phenoxy) is 1. The maximum absolute atomic E-state index is 12.6. The summed E-state index contributed by atoms with van der Waals surface area (Å²) in [6.07, 6.45) is -2.72. The van der Waals surface area contributed by atoms with E-state index in [1.807, 2.05) is 0 Å². The molecule has 0 aliphatic rings. The van der Waals surface area contributed by atoms with Crippen molar-refractivity contribution in [1.29, 1.82) is 0 Å². The summed E-state index contributed by atoms with van der Waals surface area (Å²) in [5.41, 5.74) is 0.0469. The highest BCUT2D eigenvalue weighted by atomic mass is 19.3. The van der Waals surface area contributed by atoms with E-state index < -0.39 is 22.9 Å². The molecule has 0 radical (unpaired) electrons. The van der Waals surface area contributed by atoms with Gasteiger partial charge in [-0.2, -0.15) is 5.10 Å². The predicted molar refractivity (Wildman–Crippen MR) is 80.2 cm³/mol. The molecule has 1 heterocycles. The van der Waals surface area contributed by atoms with Crippen molar-refractivity contribution in [3.63, 3.8) is 0 Å². The summed E-state index contributed by atoms with van der Waals surface area (Å²) < 4.78 is 31.4. The third-order valence-corrected chi connectivity index (χ3v) is 3.19. The Balaban J connectivity index is 2.14. The number of aryl methyl sites for hydroxylation is 1. The molecule has 0 fully saturated rings. The van der Waals surface area contributed by atoms with E-state index in [0.29, 0.717) is 5.69 Å². The molecule has 0 saturated carbocycles. The fraction of sp³-hybridized carbons (Fsp3) is 0.286. The first kappa shape index (κ1) is 17.3. The molecule has 0 spiro atoms. The zero-order chi connectivity index (χ0) is 17.9. The zero-order valence-corrected chi connectivity index (χ0v) is 12.8. The average Bonchev–Trinajstić information content (AvgIpc) is 2.88. The minimum absolute atomic E-state index is 0.114. The lowest BCUT2D eigenvalue weighted by atomic mass is 10.2. The number of nitro groups is 1. The fourth-order valence-electron chi connectivity index (χ4n) is 2.02. The molecule has 1 amide bonds. The van der Waals surface area contributed by atoms with Crippen LogP contribution in [0.15, 0.2) is 24.3 Å². The van der Waals surface area contributed by atoms with Gasteiger partial charge in [-0.1, -0.05) is 0 Å². The van der Waals surface area contributed by atoms with Crippen LogP contribution in [-0.4, -0.2) is 27.7 Å². The van der Waals surface area contributed by atoms with E-state index >= 15 is 0 Å². The maximum atomic E-state index is 12.6. The van der Waals surface area contributed by atoms with E-state index in [4.69, 9.17) is 4.74 Å². The number of carbonyl (C=O) groups excluding carboxylic acids is 1. The highest BCUT2D eigenvalue weighted by Crippen LogP contribution is 2.29. The van der Waals surface area contributed by atoms with Gasteiger partial charge in [0, 0.05) is 11.8 Å². The van der Waals surface area contributed by atoms with Crippen LogP contribution in [0.2, 0.25) is 0 Å². The molecule has 0 aliphatic heterocycles. The minimum Gasteiger partial charge on any atom is -0.494 e. The lowest BCUT2D eigenvalue weighted by molar-refractivity contribution is -0.384. The Labute approximate surface area is 135 Å². The SMILES string of the molecule is COc1cc([N+](=O)[O-])ccc1NC(=O)Cn1nc(C(F)F)cc1C. The van der Waals surface area contributed by atoms with Gasteiger partial charge in [-0.25, -0.2) is 8.78 Å². The Hall–Kier alpha value is -3.04. The second-order valence-corrected chi connectivity index (χ2v) is 4.86. The second kappa shape index (κ2) is 7.02. The molecule has 1 N–H and O–H groups in total. The number of hydrogen-bond acceptors (Lipinski definition) is 5. The Morgan fingerprint density at radius 3 is 2.71 bits per heavy atom. The van der Waals surface area contributed by atoms with Crippen molar-refractivity contribution < 1.29 is 23.2 Å². The number of non-ortho nitro benzene ring substituents is 1. The molecule has 0 atom stereocenters. The Kier molecular flexibility index (Phi) is 5.07. The third-order valence-electron chi connectivity index (χ3n) is 3.19. The molecule has 1 aromatic heterocycles. The van der Waals surface area contributed by atoms with Crippen molar-refractivity contribution in [2.45, 2.75) is 19.9 Å². The number of benzene rings is 1. The quantitative estimate of drug-likeness (QED) is 0.644. The van der Waals surface area contributed by atoms with Gasteiger partial charge < -0.3 is 10.1 Å². The summed E-state index contributed by atoms with van der Waals surface area (Å²) in [6, 6.07) is 4.91. The van der Waals surface area contributed by atoms with Gasteiger partial charge in [-0.15, -0.1) is 0 Å². The van der Waals surface area contributed by atoms with Gasteiger partial charge in [0.05, 0.1) is 23.8 Å². The van der Waals surface area contributed by atoms with Gasteiger partial charge in [0.2, 0.25) is 5.91 Å². The molecular weight excluding hydrogens is 326 g/mol. The molecule has 8 nitrogen and oxygen atoms in total. The summed E-state index contributed by atoms with van der Waals surface area (Å²) in [5, 5.41) is 16.9. The van der Waals surface area contributed by atoms with E-state index in [9.17, 15) is 23.7 Å². The summed E-state index contributed by atoms with van der Waals surface area (Å²) >= 11 is 0. The number of carbonyl (C=O) groups is 1. The number of halogens is 2. The standard InChI is InChI=1S/C14H14F2N4O4/c1-8-5-11(14(15)16)18-19(8)7-13(21)17-10-4-3-9(20(22)23)6-12(10)24-2/h3-6,14H,7H2,1-2H3,(H,17,21). The van der Waals surface area contributed by atoms with Crippen molar-refractivity contribution >= 4 is 17.3 Å². The van der Waals surface area contributed by atoms with E-state index in [1.54, 1.807) is 6.92 Å². The predicted octanol–water partition coefficient (Wildman–Crippen LogP) is 2.68. The van der Waals surface area contributed by atoms with Gasteiger partial charge in [-0.3, -0.25) is 19.6 Å². The van der Waals surface area contributed by atoms with Crippen molar-refractivity contribution in [2.75, 3.05) is 12.4 Å². The Bertz CT molecular complexity index is 776. The highest BCUT2D eigenvalue weighted by molar-refractivity contribution is 5.92. The second-order valence-electron chi connectivity index (χ2n) is 4.86. The number of alkyl halides is 2. The lowest BCUT2D eigenvalue weighted by Gasteiger charge is -2.10. The molecule has 0 saturated heterocycles. The van der Waals surface area contributed by atoms with Crippen LogP contribution in [0, 0.1) is 17.0 Å². The number of anilines is 1. The summed E-state index contributed by atoms with van der Waals surface area (Å²) in [7, 11) is 1.31. The summed E-state index contributed by atoms with van der Waals surface area (Å²) in [5.74, 6) is -0.419. The zero-order valence-electron chi connectivity index (χ0n) is 12.8. The van der Waals surface area contributed by atoms with Crippen LogP contribution in [0.25, 0.3) is 0 Å². The van der Waals surface area contributed by atoms with E-state index in [1.165, 1.54) is 31.4 Å². The first-order valence-corrected chi connectivity index (χ1v) is 6.76. The highest BCUT2D eigenvalue weighted by Gasteiger charge is 2.17. The number of methoxy groups -OCH3 is 1. The van der Waals surface area contributed by atoms with Crippen LogP contribution >= 0.6 is 0 Å². The molecule has 0 aliphatic carbocycles. The molecule has 0 unspecified atom stereocenters. The molecule has 10 heteroatoms. The Morgan fingerprint density at radius 1 is 1.46 bits per heavy atom. The van der Waals surface area contributed by atoms with Gasteiger partial charge >= 0.3 is 0 Å². The maximum Gasteiger partial charge on any atom is 0.282 e. The molecule has 128 valence electrons. The monoisotopic (exact) mass is 340 g/mol. The van der Waals surface area contributed by atoms with Crippen molar-refractivity contribution in [1.82, 2.24) is 9.78 Å². The van der Waals surface area contributed by atoms with Crippen LogP contribution in [0.4, 0.5) is 20.2 Å². The van der Waals surface area contributed by atoms with Crippen LogP contribution in [-0.2, 0) is 11.3 Å². The number of nitro benzene ring substituents is 1. The molecule has 2 rings (SSSR count). The molecule has 1 aromatic carbocycles. The van der Waals surface area contributed by atoms with E-state index in [2.05, 4.69) is 10.4 Å². The molecule has 2 aromatic rings. The van der Waals surface area contributed by atoms with Gasteiger partial charge in [-0.05, 0) is 19.1 Å². The van der Waals surface area contributed by atoms with Crippen LogP contribution < -0.4 is 10.1 Å². The van der Waals surface area contributed by atoms with Crippen LogP contribution in [0.3, 0.4) is 0 Å². The first-order valence-electron chi connectivity index (χ1n) is 6.76. The Morgan fingerprint density at radius 2 is 2.17 bits per heavy atom. The molecular formula is C14H14F2N4O4. The van der Waals surface area contributed by atoms with Crippen LogP contribution in [0.5, 0.6) is 5.75 Å². The van der Waals surface area contributed by atoms with Crippen molar-refractivity contribution in [3.05, 3.63) is 45.8 Å². The number of aromatic nitrogens is 2. The third kappa shape index (κ3) is 3.83. The smallest absolute Gasteiger partial charge is 0.282 e. The molecule has 24 heavy (non-hydrogen) atoms. The minimum atomic E-state index is -2.72. The number of rotatable bonds is 6. The van der Waals surface area contributed by atoms with Gasteiger partial charge in [0.1, 0.15) is 18.0 Å². The number of nitrogens with zero attached hydrogens (tertiary/aromatic N) is 3. The first-order chi connectivity index (χ1) is 11.3. The lowest BCUT2D eigenvalue weighted by Crippen LogP contribution is -2.20. The number of amides is 1. The van der Waals surface area contributed by atoms with Gasteiger partial charge in [0.15, 0.2) is 0 Å². The number of hydrogen-bond donors (Lipinski definition) is 1. The van der Waals surface area contributed by atoms with Gasteiger partial charge in [0.25, 0.3) is 12.1 Å². The van der Waals surface area contributed by atoms with Crippen molar-refractivity contribution in [3.8, 4) is 5.75 Å². The fourth-order valence-corrected chi connectivity index (χ4v) is 2.02. The summed E-state index contributed by atoms with van der Waals surface area (Å²) in [4.78, 5) is 22.2. The molecule has 0 bridgehead atoms. The van der Waals surface area contributed by atoms with E-state index in [0.717, 1.165) is 4.68 Å². The topological polar surface area (TPSA) is 99.3 Å². The van der Waals surface area contributed by atoms with E-state index in [-0.39, 0.29) is 23.7 Å². The average molecular weight is 340 g/mol. The normalized spacial score (nSPS) is 10.7. The van der Waals surface area contributed by atoms with Crippen LogP contribution in [0.1, 0.15) is 17.8 Å². The summed E-state index contributed by atoms with van der Waals surface area (Å²) in [6.45, 7) is 1.28. The largest absolute Gasteiger partial charge is 0.494 e.